The van der Waals surface area contributed by atoms with Crippen molar-refractivity contribution in [2.24, 2.45) is 0 Å². The van der Waals surface area contributed by atoms with Crippen LogP contribution in [0.4, 0.5) is 0 Å². The Kier molecular flexibility index (Phi) is 16.6. The number of halogens is 2. The van der Waals surface area contributed by atoms with Crippen LogP contribution in [0.25, 0.3) is 0 Å². The molecular formula is C16H25Cl2OSiTi. The van der Waals surface area contributed by atoms with E-state index in [1.807, 2.05) is 25.1 Å². The van der Waals surface area contributed by atoms with Gasteiger partial charge in [0.2, 0.25) is 0 Å². The molecule has 0 aromatic heterocycles. The average molecular weight is 380 g/mol. The summed E-state index contributed by atoms with van der Waals surface area (Å²) in [4.78, 5) is 3.25. The fourth-order valence-electron chi connectivity index (χ4n) is 1.54. The second-order valence-electron chi connectivity index (χ2n) is 5.31. The maximum absolute atomic E-state index is 9.38. The van der Waals surface area contributed by atoms with Gasteiger partial charge >= 0.3 is 24.8 Å². The summed E-state index contributed by atoms with van der Waals surface area (Å²) < 4.78 is 0. The number of phenols is 1. The van der Waals surface area contributed by atoms with Gasteiger partial charge in [0.05, 0.1) is 8.07 Å². The summed E-state index contributed by atoms with van der Waals surface area (Å²) in [6.45, 7) is 8.85. The number of rotatable bonds is 1. The number of phenolic OH excluding ortho intramolecular Hbond substituents is 1. The number of hydrogen-bond donors (Lipinski definition) is 1. The van der Waals surface area contributed by atoms with Crippen LogP contribution in [0, 0.1) is 13.0 Å². The number of aromatic hydroxyl groups is 1. The number of hydrogen-bond acceptors (Lipinski definition) is 1. The molecule has 1 nitrogen and oxygen atoms in total. The molecule has 117 valence electrons. The van der Waals surface area contributed by atoms with E-state index in [1.54, 1.807) is 26.0 Å². The van der Waals surface area contributed by atoms with Crippen LogP contribution in [0.15, 0.2) is 36.4 Å². The molecule has 0 saturated carbocycles. The fraction of sp³-hybridized carbons (Fsp3) is 0.312. The molecule has 0 unspecified atom stereocenters. The second kappa shape index (κ2) is 13.5. The number of allylic oxidation sites excluding steroid dienone is 4. The Labute approximate surface area is 154 Å². The van der Waals surface area contributed by atoms with E-state index in [4.69, 9.17) is 0 Å². The van der Waals surface area contributed by atoms with E-state index < -0.39 is 8.07 Å². The Morgan fingerprint density at radius 1 is 1.14 bits per heavy atom. The first-order valence-corrected chi connectivity index (χ1v) is 10.9. The van der Waals surface area contributed by atoms with Crippen LogP contribution in [0.1, 0.15) is 12.0 Å². The predicted molar refractivity (Wildman–Crippen MR) is 99.0 cm³/mol. The van der Waals surface area contributed by atoms with Crippen LogP contribution >= 0.6 is 24.8 Å². The molecule has 1 aromatic rings. The molecular weight excluding hydrogens is 355 g/mol. The van der Waals surface area contributed by atoms with Gasteiger partial charge in [0.25, 0.3) is 0 Å². The fourth-order valence-corrected chi connectivity index (χ4v) is 2.78. The predicted octanol–water partition coefficient (Wildman–Crippen LogP) is 4.36. The van der Waals surface area contributed by atoms with Crippen LogP contribution in [0.3, 0.4) is 0 Å². The van der Waals surface area contributed by atoms with Gasteiger partial charge in [-0.25, -0.2) is 12.2 Å². The van der Waals surface area contributed by atoms with Crippen molar-refractivity contribution in [3.63, 3.8) is 0 Å². The second-order valence-corrected chi connectivity index (χ2v) is 10.4. The minimum absolute atomic E-state index is 0. The van der Waals surface area contributed by atoms with Crippen LogP contribution in [-0.4, -0.2) is 18.0 Å². The van der Waals surface area contributed by atoms with Gasteiger partial charge in [-0.3, -0.25) is 6.08 Å². The molecule has 0 spiro atoms. The van der Waals surface area contributed by atoms with E-state index in [0.29, 0.717) is 5.75 Å². The Hall–Kier alpha value is -0.119. The monoisotopic (exact) mass is 379 g/mol. The van der Waals surface area contributed by atoms with E-state index in [0.717, 1.165) is 12.0 Å². The Bertz CT molecular complexity index is 424. The molecule has 21 heavy (non-hydrogen) atoms. The summed E-state index contributed by atoms with van der Waals surface area (Å²) in [5, 5.41) is 10.7. The molecule has 1 aromatic carbocycles. The molecule has 0 fully saturated rings. The number of aryl methyl sites for hydroxylation is 1. The van der Waals surface area contributed by atoms with Gasteiger partial charge in [0.1, 0.15) is 5.75 Å². The van der Waals surface area contributed by atoms with Gasteiger partial charge in [-0.2, -0.15) is 6.08 Å². The Morgan fingerprint density at radius 3 is 2.00 bits per heavy atom. The van der Waals surface area contributed by atoms with Crippen molar-refractivity contribution in [2.75, 3.05) is 0 Å². The van der Waals surface area contributed by atoms with Gasteiger partial charge in [-0.1, -0.05) is 30.9 Å². The van der Waals surface area contributed by atoms with Crippen molar-refractivity contribution in [1.82, 2.24) is 0 Å². The molecule has 0 bridgehead atoms. The van der Waals surface area contributed by atoms with Gasteiger partial charge in [-0.15, -0.1) is 31.2 Å². The van der Waals surface area contributed by atoms with Crippen molar-refractivity contribution in [3.8, 4) is 5.75 Å². The molecule has 0 amide bonds. The van der Waals surface area contributed by atoms with Gasteiger partial charge < -0.3 is 5.11 Å². The van der Waals surface area contributed by atoms with Gasteiger partial charge in [0, 0.05) is 0 Å². The molecule has 1 aliphatic rings. The maximum atomic E-state index is 9.38. The zero-order valence-corrected chi connectivity index (χ0v) is 17.3. The van der Waals surface area contributed by atoms with E-state index in [9.17, 15) is 5.11 Å². The summed E-state index contributed by atoms with van der Waals surface area (Å²) in [5.41, 5.74) is 1.15. The minimum atomic E-state index is -1.26. The molecule has 5 heteroatoms. The van der Waals surface area contributed by atoms with Crippen LogP contribution in [-0.2, 0) is 20.0 Å². The molecule has 0 saturated heterocycles. The van der Waals surface area contributed by atoms with Crippen molar-refractivity contribution >= 4 is 42.9 Å². The molecule has 0 aliphatic heterocycles. The van der Waals surface area contributed by atoms with E-state index in [2.05, 4.69) is 42.7 Å². The summed E-state index contributed by atoms with van der Waals surface area (Å²) in [5.74, 6) is 0.396. The average Bonchev–Trinajstić information content (AvgIpc) is 2.88. The standard InChI is InChI=1S/C10H16OSi.C5H5.CH2.2ClH.Ti/c1-8-5-9(11)7-10(6-8)12(2,3)4;1-2-4-5-3-1;;;;/h5-7,11H,1-4H3;1-3H,4H2;1H2;2*1H;/q;-1;;;;+1. The molecule has 0 radical (unpaired) electrons. The summed E-state index contributed by atoms with van der Waals surface area (Å²) in [6, 6.07) is 5.86. The first-order valence-electron chi connectivity index (χ1n) is 6.28. The molecule has 1 N–H and O–H groups in total. The zero-order chi connectivity index (χ0) is 14.9. The normalized spacial score (nSPS) is 11.1. The van der Waals surface area contributed by atoms with Crippen molar-refractivity contribution in [2.45, 2.75) is 33.0 Å². The SMILES string of the molecule is Cc1cc(O)cc([Si](C)(C)C)c1.Cl.Cl.[C-]1=CC=CC1.[CH2]=[Ti+]. The molecule has 0 atom stereocenters. The topological polar surface area (TPSA) is 20.2 Å². The third-order valence-electron chi connectivity index (χ3n) is 2.51. The van der Waals surface area contributed by atoms with Crippen LogP contribution in [0.5, 0.6) is 5.75 Å². The van der Waals surface area contributed by atoms with Crippen molar-refractivity contribution in [1.29, 1.82) is 0 Å². The van der Waals surface area contributed by atoms with Crippen molar-refractivity contribution in [3.05, 3.63) is 48.1 Å². The van der Waals surface area contributed by atoms with E-state index in [1.165, 1.54) is 5.19 Å². The van der Waals surface area contributed by atoms with E-state index in [-0.39, 0.29) is 24.8 Å². The third-order valence-corrected chi connectivity index (χ3v) is 4.53. The molecule has 1 aliphatic carbocycles. The Balaban J connectivity index is -0.000000306. The Morgan fingerprint density at radius 2 is 1.71 bits per heavy atom. The van der Waals surface area contributed by atoms with Gasteiger partial charge in [-0.05, 0) is 24.6 Å². The quantitative estimate of drug-likeness (QED) is 0.567. The summed E-state index contributed by atoms with van der Waals surface area (Å²) >= 11 is 1.75. The zero-order valence-electron chi connectivity index (χ0n) is 13.1. The molecule has 2 rings (SSSR count). The molecule has 0 heterocycles. The van der Waals surface area contributed by atoms with Crippen molar-refractivity contribution < 1.29 is 25.1 Å². The summed E-state index contributed by atoms with van der Waals surface area (Å²) in [7, 11) is -1.26. The van der Waals surface area contributed by atoms with E-state index >= 15 is 0 Å². The summed E-state index contributed by atoms with van der Waals surface area (Å²) in [6.07, 6.45) is 10.0. The van der Waals surface area contributed by atoms with Crippen LogP contribution < -0.4 is 5.19 Å². The van der Waals surface area contributed by atoms with Gasteiger partial charge in [0.15, 0.2) is 0 Å². The third kappa shape index (κ3) is 12.1. The first kappa shape index (κ1) is 25.8. The van der Waals surface area contributed by atoms with Crippen LogP contribution in [0.2, 0.25) is 19.6 Å². The number of benzene rings is 1. The first-order chi connectivity index (χ1) is 8.89.